The van der Waals surface area contributed by atoms with Crippen LogP contribution in [0.25, 0.3) is 11.3 Å². The van der Waals surface area contributed by atoms with Crippen molar-refractivity contribution in [1.29, 1.82) is 0 Å². The maximum atomic E-state index is 13.4. The largest absolute Gasteiger partial charge is 0.490 e. The van der Waals surface area contributed by atoms with Gasteiger partial charge in [-0.15, -0.1) is 0 Å². The zero-order valence-corrected chi connectivity index (χ0v) is 12.9. The van der Waals surface area contributed by atoms with Crippen LogP contribution < -0.4 is 9.64 Å². The number of ether oxygens (including phenoxy) is 1. The molecule has 5 nitrogen and oxygen atoms in total. The Morgan fingerprint density at radius 1 is 1.08 bits per heavy atom. The number of hydrogen-bond acceptors (Lipinski definition) is 4. The summed E-state index contributed by atoms with van der Waals surface area (Å²) in [4.78, 5) is 14.3. The molecule has 0 bridgehead atoms. The molecule has 2 heterocycles. The van der Waals surface area contributed by atoms with E-state index >= 15 is 0 Å². The molecule has 0 spiro atoms. The van der Waals surface area contributed by atoms with Crippen molar-refractivity contribution in [3.63, 3.8) is 0 Å². The number of benzene rings is 2. The number of carbonyl (C=O) groups is 1. The van der Waals surface area contributed by atoms with Crippen molar-refractivity contribution in [2.24, 2.45) is 0 Å². The number of fused-ring (bicyclic) bond motifs is 1. The van der Waals surface area contributed by atoms with Crippen LogP contribution in [0.5, 0.6) is 5.75 Å². The molecule has 126 valence electrons. The number of carbonyl (C=O) groups excluding carboxylic acids is 1. The van der Waals surface area contributed by atoms with Crippen LogP contribution in [-0.2, 0) is 0 Å². The van der Waals surface area contributed by atoms with E-state index < -0.39 is 11.6 Å². The van der Waals surface area contributed by atoms with Gasteiger partial charge in [0.25, 0.3) is 5.91 Å². The third kappa shape index (κ3) is 2.73. The number of aromatic nitrogens is 1. The number of amides is 1. The zero-order valence-electron chi connectivity index (χ0n) is 12.9. The van der Waals surface area contributed by atoms with Crippen molar-refractivity contribution < 1.29 is 22.8 Å². The van der Waals surface area contributed by atoms with Crippen LogP contribution in [-0.4, -0.2) is 24.2 Å². The summed E-state index contributed by atoms with van der Waals surface area (Å²) in [5.41, 5.74) is 1.03. The van der Waals surface area contributed by atoms with Crippen LogP contribution in [0, 0.1) is 11.6 Å². The number of nitrogens with zero attached hydrogens (tertiary/aromatic N) is 2. The Morgan fingerprint density at radius 2 is 1.92 bits per heavy atom. The third-order valence-corrected chi connectivity index (χ3v) is 3.91. The van der Waals surface area contributed by atoms with E-state index in [1.807, 2.05) is 12.1 Å². The molecule has 7 heteroatoms. The minimum Gasteiger partial charge on any atom is -0.490 e. The summed E-state index contributed by atoms with van der Waals surface area (Å²) < 4.78 is 37.0. The van der Waals surface area contributed by atoms with Crippen molar-refractivity contribution in [2.45, 2.75) is 0 Å². The average molecular weight is 342 g/mol. The van der Waals surface area contributed by atoms with Crippen LogP contribution in [0.3, 0.4) is 0 Å². The second-order valence-corrected chi connectivity index (χ2v) is 5.48. The molecule has 1 aromatic heterocycles. The summed E-state index contributed by atoms with van der Waals surface area (Å²) in [6.07, 6.45) is 0. The van der Waals surface area contributed by atoms with Gasteiger partial charge < -0.3 is 9.26 Å². The number of para-hydroxylation sites is 2. The molecule has 0 aliphatic carbocycles. The smallest absolute Gasteiger partial charge is 0.280 e. The molecule has 0 atom stereocenters. The summed E-state index contributed by atoms with van der Waals surface area (Å²) in [5, 5.41) is 3.77. The minimum atomic E-state index is -0.996. The van der Waals surface area contributed by atoms with Crippen molar-refractivity contribution >= 4 is 11.6 Å². The first-order valence-electron chi connectivity index (χ1n) is 7.59. The standard InChI is InChI=1S/C18H12F2N2O3/c19-12-6-5-11(9-13(12)20)17-10-14(21-25-17)18(23)22-7-8-24-16-4-2-1-3-15(16)22/h1-6,9-10H,7-8H2. The fourth-order valence-corrected chi connectivity index (χ4v) is 2.68. The lowest BCUT2D eigenvalue weighted by atomic mass is 10.1. The summed E-state index contributed by atoms with van der Waals surface area (Å²) >= 11 is 0. The monoisotopic (exact) mass is 342 g/mol. The van der Waals surface area contributed by atoms with E-state index in [2.05, 4.69) is 5.16 Å². The summed E-state index contributed by atoms with van der Waals surface area (Å²) in [6.45, 7) is 0.750. The van der Waals surface area contributed by atoms with E-state index in [0.29, 0.717) is 30.2 Å². The van der Waals surface area contributed by atoms with Crippen molar-refractivity contribution in [3.8, 4) is 17.1 Å². The Hall–Kier alpha value is -3.22. The average Bonchev–Trinajstić information content (AvgIpc) is 3.13. The fourth-order valence-electron chi connectivity index (χ4n) is 2.68. The van der Waals surface area contributed by atoms with Gasteiger partial charge in [-0.2, -0.15) is 0 Å². The first kappa shape index (κ1) is 15.3. The maximum absolute atomic E-state index is 13.4. The van der Waals surface area contributed by atoms with Crippen molar-refractivity contribution in [1.82, 2.24) is 5.16 Å². The second kappa shape index (κ2) is 6.01. The van der Waals surface area contributed by atoms with Gasteiger partial charge in [0.05, 0.1) is 12.2 Å². The molecule has 2 aromatic carbocycles. The molecule has 0 radical (unpaired) electrons. The van der Waals surface area contributed by atoms with E-state index in [1.165, 1.54) is 12.1 Å². The first-order chi connectivity index (χ1) is 12.1. The molecular weight excluding hydrogens is 330 g/mol. The van der Waals surface area contributed by atoms with Crippen LogP contribution in [0.1, 0.15) is 10.5 Å². The Morgan fingerprint density at radius 3 is 2.76 bits per heavy atom. The van der Waals surface area contributed by atoms with Gasteiger partial charge in [0.1, 0.15) is 12.4 Å². The number of rotatable bonds is 2. The Balaban J connectivity index is 1.64. The van der Waals surface area contributed by atoms with Crippen LogP contribution >= 0.6 is 0 Å². The van der Waals surface area contributed by atoms with Gasteiger partial charge in [-0.25, -0.2) is 8.78 Å². The molecule has 4 rings (SSSR count). The lowest BCUT2D eigenvalue weighted by Gasteiger charge is -2.28. The molecule has 0 unspecified atom stereocenters. The van der Waals surface area contributed by atoms with Crippen LogP contribution in [0.4, 0.5) is 14.5 Å². The highest BCUT2D eigenvalue weighted by molar-refractivity contribution is 6.06. The fraction of sp³-hybridized carbons (Fsp3) is 0.111. The highest BCUT2D eigenvalue weighted by Gasteiger charge is 2.27. The van der Waals surface area contributed by atoms with Crippen molar-refractivity contribution in [3.05, 3.63) is 65.9 Å². The van der Waals surface area contributed by atoms with Gasteiger partial charge in [0, 0.05) is 11.6 Å². The SMILES string of the molecule is O=C(c1cc(-c2ccc(F)c(F)c2)on1)N1CCOc2ccccc21. The Bertz CT molecular complexity index is 955. The lowest BCUT2D eigenvalue weighted by Crippen LogP contribution is -2.38. The molecule has 0 saturated carbocycles. The highest BCUT2D eigenvalue weighted by atomic mass is 19.2. The summed E-state index contributed by atoms with van der Waals surface area (Å²) in [7, 11) is 0. The Labute approximate surface area is 141 Å². The predicted molar refractivity (Wildman–Crippen MR) is 85.5 cm³/mol. The van der Waals surface area contributed by atoms with E-state index in [-0.39, 0.29) is 17.4 Å². The summed E-state index contributed by atoms with van der Waals surface area (Å²) in [6, 6.07) is 12.0. The quantitative estimate of drug-likeness (QED) is 0.713. The topological polar surface area (TPSA) is 55.6 Å². The Kier molecular flexibility index (Phi) is 3.68. The molecule has 1 aliphatic heterocycles. The molecule has 0 N–H and O–H groups in total. The molecule has 0 fully saturated rings. The normalized spacial score (nSPS) is 13.3. The van der Waals surface area contributed by atoms with Crippen LogP contribution in [0.15, 0.2) is 53.1 Å². The number of hydrogen-bond donors (Lipinski definition) is 0. The lowest BCUT2D eigenvalue weighted by molar-refractivity contribution is 0.0968. The zero-order chi connectivity index (χ0) is 17.4. The van der Waals surface area contributed by atoms with E-state index in [4.69, 9.17) is 9.26 Å². The van der Waals surface area contributed by atoms with E-state index in [9.17, 15) is 13.6 Å². The third-order valence-electron chi connectivity index (χ3n) is 3.91. The van der Waals surface area contributed by atoms with Gasteiger partial charge in [0.2, 0.25) is 0 Å². The minimum absolute atomic E-state index is 0.0800. The number of anilines is 1. The summed E-state index contributed by atoms with van der Waals surface area (Å²) in [5.74, 6) is -1.50. The highest BCUT2D eigenvalue weighted by Crippen LogP contribution is 2.32. The molecular formula is C18H12F2N2O3. The number of halogens is 2. The van der Waals surface area contributed by atoms with Gasteiger partial charge in [0.15, 0.2) is 23.1 Å². The maximum Gasteiger partial charge on any atom is 0.280 e. The van der Waals surface area contributed by atoms with E-state index in [0.717, 1.165) is 12.1 Å². The second-order valence-electron chi connectivity index (χ2n) is 5.48. The molecule has 1 aliphatic rings. The molecule has 25 heavy (non-hydrogen) atoms. The molecule has 0 saturated heterocycles. The molecule has 1 amide bonds. The van der Waals surface area contributed by atoms with Gasteiger partial charge in [-0.1, -0.05) is 17.3 Å². The van der Waals surface area contributed by atoms with Gasteiger partial charge >= 0.3 is 0 Å². The van der Waals surface area contributed by atoms with Gasteiger partial charge in [-0.3, -0.25) is 9.69 Å². The van der Waals surface area contributed by atoms with E-state index in [1.54, 1.807) is 17.0 Å². The first-order valence-corrected chi connectivity index (χ1v) is 7.59. The van der Waals surface area contributed by atoms with Crippen molar-refractivity contribution in [2.75, 3.05) is 18.1 Å². The predicted octanol–water partition coefficient (Wildman–Crippen LogP) is 3.66. The van der Waals surface area contributed by atoms with Gasteiger partial charge in [-0.05, 0) is 30.3 Å². The van der Waals surface area contributed by atoms with Crippen LogP contribution in [0.2, 0.25) is 0 Å². The molecule has 3 aromatic rings.